The van der Waals surface area contributed by atoms with Crippen molar-refractivity contribution in [3.05, 3.63) is 0 Å². The van der Waals surface area contributed by atoms with Crippen molar-refractivity contribution in [3.63, 3.8) is 0 Å². The van der Waals surface area contributed by atoms with Gasteiger partial charge in [0, 0.05) is 7.05 Å². The van der Waals surface area contributed by atoms with Crippen LogP contribution in [0.5, 0.6) is 0 Å². The predicted molar refractivity (Wildman–Crippen MR) is 100 cm³/mol. The average Bonchev–Trinajstić information content (AvgIpc) is 3.01. The number of esters is 1. The molecule has 2 saturated carbocycles. The Balaban J connectivity index is 1.76. The van der Waals surface area contributed by atoms with Crippen molar-refractivity contribution in [3.8, 4) is 0 Å². The van der Waals surface area contributed by atoms with Gasteiger partial charge in [-0.1, -0.05) is 20.3 Å². The third-order valence-corrected chi connectivity index (χ3v) is 7.90. The van der Waals surface area contributed by atoms with Crippen molar-refractivity contribution in [2.45, 2.75) is 84.0 Å². The van der Waals surface area contributed by atoms with Crippen molar-refractivity contribution >= 4 is 5.97 Å². The number of aliphatic hydroxyl groups excluding tert-OH is 1. The fourth-order valence-corrected chi connectivity index (χ4v) is 6.69. The lowest BCUT2D eigenvalue weighted by molar-refractivity contribution is -0.183. The van der Waals surface area contributed by atoms with Crippen LogP contribution in [0.15, 0.2) is 0 Å². The van der Waals surface area contributed by atoms with Gasteiger partial charge >= 0.3 is 5.97 Å². The monoisotopic (exact) mass is 367 g/mol. The van der Waals surface area contributed by atoms with Crippen LogP contribution in [-0.4, -0.2) is 48.0 Å². The molecule has 2 aliphatic carbocycles. The quantitative estimate of drug-likeness (QED) is 0.772. The second-order valence-corrected chi connectivity index (χ2v) is 9.78. The van der Waals surface area contributed by atoms with Crippen LogP contribution in [0.3, 0.4) is 0 Å². The zero-order chi connectivity index (χ0) is 19.3. The Labute approximate surface area is 158 Å². The molecule has 1 aliphatic heterocycles. The van der Waals surface area contributed by atoms with Crippen LogP contribution in [0.1, 0.15) is 66.2 Å². The molecule has 150 valence electrons. The Morgan fingerprint density at radius 1 is 1.31 bits per heavy atom. The number of hydrogen-bond acceptors (Lipinski definition) is 5. The van der Waals surface area contributed by atoms with Gasteiger partial charge in [0.1, 0.15) is 5.92 Å². The molecule has 26 heavy (non-hydrogen) atoms. The van der Waals surface area contributed by atoms with Gasteiger partial charge in [0.05, 0.1) is 24.9 Å². The van der Waals surface area contributed by atoms with Gasteiger partial charge in [-0.15, -0.1) is 0 Å². The topological polar surface area (TPSA) is 59.0 Å². The van der Waals surface area contributed by atoms with Crippen LogP contribution >= 0.6 is 0 Å². The highest BCUT2D eigenvalue weighted by Crippen LogP contribution is 2.58. The van der Waals surface area contributed by atoms with Gasteiger partial charge in [-0.2, -0.15) is 5.06 Å². The summed E-state index contributed by atoms with van der Waals surface area (Å²) in [4.78, 5) is 18.5. The fourth-order valence-electron chi connectivity index (χ4n) is 6.69. The van der Waals surface area contributed by atoms with Crippen LogP contribution < -0.4 is 0 Å². The maximum Gasteiger partial charge on any atom is 0.313 e. The van der Waals surface area contributed by atoms with Crippen LogP contribution in [-0.2, 0) is 14.4 Å². The zero-order valence-electron chi connectivity index (χ0n) is 17.3. The fraction of sp³-hybridized carbons (Fsp3) is 0.952. The summed E-state index contributed by atoms with van der Waals surface area (Å²) >= 11 is 0. The number of hydroxylamine groups is 2. The lowest BCUT2D eigenvalue weighted by Crippen LogP contribution is -2.44. The molecule has 1 N–H and O–H groups in total. The molecule has 1 saturated heterocycles. The number of carbonyl (C=O) groups excluding carboxylic acids is 1. The first-order valence-corrected chi connectivity index (χ1v) is 10.3. The molecular formula is C21H37NO4. The second kappa shape index (κ2) is 7.06. The normalized spacial score (nSPS) is 43.9. The summed E-state index contributed by atoms with van der Waals surface area (Å²) in [5.74, 6) is 1.06. The van der Waals surface area contributed by atoms with Gasteiger partial charge in [0.2, 0.25) is 0 Å². The van der Waals surface area contributed by atoms with Crippen molar-refractivity contribution in [1.29, 1.82) is 0 Å². The minimum atomic E-state index is -0.546. The third-order valence-electron chi connectivity index (χ3n) is 7.90. The number of methoxy groups -OCH3 is 1. The number of nitrogens with zero attached hydrogens (tertiary/aromatic N) is 1. The van der Waals surface area contributed by atoms with Gasteiger partial charge in [-0.3, -0.25) is 9.63 Å². The van der Waals surface area contributed by atoms with Crippen molar-refractivity contribution in [2.24, 2.45) is 29.1 Å². The Bertz CT molecular complexity index is 536. The van der Waals surface area contributed by atoms with Crippen LogP contribution in [0.4, 0.5) is 0 Å². The van der Waals surface area contributed by atoms with E-state index in [1.807, 2.05) is 26.0 Å². The van der Waals surface area contributed by atoms with Gasteiger partial charge in [-0.05, 0) is 69.1 Å². The smallest absolute Gasteiger partial charge is 0.313 e. The highest BCUT2D eigenvalue weighted by molar-refractivity contribution is 5.75. The molecule has 1 heterocycles. The van der Waals surface area contributed by atoms with E-state index in [0.717, 1.165) is 25.7 Å². The minimum Gasteiger partial charge on any atom is -0.469 e. The lowest BCUT2D eigenvalue weighted by atomic mass is 9.61. The van der Waals surface area contributed by atoms with Crippen LogP contribution in [0.25, 0.3) is 0 Å². The van der Waals surface area contributed by atoms with Crippen molar-refractivity contribution in [2.75, 3.05) is 14.2 Å². The summed E-state index contributed by atoms with van der Waals surface area (Å²) < 4.78 is 5.10. The first-order chi connectivity index (χ1) is 12.1. The Morgan fingerprint density at radius 2 is 2.00 bits per heavy atom. The molecule has 5 heteroatoms. The summed E-state index contributed by atoms with van der Waals surface area (Å²) in [5, 5.41) is 12.4. The molecule has 0 bridgehead atoms. The Morgan fingerprint density at radius 3 is 2.65 bits per heavy atom. The molecule has 3 fully saturated rings. The number of aliphatic hydroxyl groups is 1. The molecule has 5 nitrogen and oxygen atoms in total. The summed E-state index contributed by atoms with van der Waals surface area (Å²) in [5.41, 5.74) is -0.319. The second-order valence-electron chi connectivity index (χ2n) is 9.78. The van der Waals surface area contributed by atoms with Gasteiger partial charge in [-0.25, -0.2) is 0 Å². The van der Waals surface area contributed by atoms with E-state index < -0.39 is 5.60 Å². The average molecular weight is 368 g/mol. The summed E-state index contributed by atoms with van der Waals surface area (Å²) in [7, 11) is 3.40. The van der Waals surface area contributed by atoms with E-state index in [0.29, 0.717) is 17.8 Å². The molecule has 0 amide bonds. The van der Waals surface area contributed by atoms with Crippen molar-refractivity contribution < 1.29 is 19.5 Å². The Kier molecular flexibility index (Phi) is 5.46. The number of ether oxygens (including phenoxy) is 1. The van der Waals surface area contributed by atoms with Gasteiger partial charge < -0.3 is 9.84 Å². The summed E-state index contributed by atoms with van der Waals surface area (Å²) in [6.07, 6.45) is 6.40. The molecule has 0 aromatic carbocycles. The molecule has 0 spiro atoms. The van der Waals surface area contributed by atoms with E-state index in [1.54, 1.807) is 0 Å². The van der Waals surface area contributed by atoms with Crippen LogP contribution in [0, 0.1) is 29.1 Å². The first kappa shape index (κ1) is 20.1. The Hall–Kier alpha value is -0.650. The summed E-state index contributed by atoms with van der Waals surface area (Å²) in [6, 6.07) is 0.0311. The van der Waals surface area contributed by atoms with E-state index >= 15 is 0 Å². The van der Waals surface area contributed by atoms with Gasteiger partial charge in [0.15, 0.2) is 0 Å². The van der Waals surface area contributed by atoms with E-state index in [1.165, 1.54) is 20.0 Å². The van der Waals surface area contributed by atoms with E-state index in [-0.39, 0.29) is 29.4 Å². The molecule has 0 aromatic rings. The number of hydrogen-bond donors (Lipinski definition) is 1. The zero-order valence-corrected chi connectivity index (χ0v) is 17.3. The molecule has 7 unspecified atom stereocenters. The number of fused-ring (bicyclic) bond motifs is 1. The number of rotatable bonds is 4. The molecular weight excluding hydrogens is 330 g/mol. The first-order valence-electron chi connectivity index (χ1n) is 10.3. The number of carbonyl (C=O) groups is 1. The molecule has 7 atom stereocenters. The maximum atomic E-state index is 12.5. The molecule has 3 rings (SSSR count). The highest BCUT2D eigenvalue weighted by Gasteiger charge is 2.55. The molecule has 0 aromatic heterocycles. The standard InChI is InChI=1S/C21H37NO4/c1-13(14-9-10-15-17(23)8-7-11-21(14,15)4)12-16-18(19(24)25-6)20(2,3)26-22(16)5/h13-18,23H,7-12H2,1-6H3. The minimum absolute atomic E-state index is 0.0311. The van der Waals surface area contributed by atoms with Crippen LogP contribution in [0.2, 0.25) is 0 Å². The molecule has 3 aliphatic rings. The summed E-state index contributed by atoms with van der Waals surface area (Å²) in [6.45, 7) is 8.66. The maximum absolute atomic E-state index is 12.5. The molecule has 0 radical (unpaired) electrons. The SMILES string of the molecule is COC(=O)C1C(CC(C)C2CCC3C(O)CCCC23C)N(C)OC1(C)C. The largest absolute Gasteiger partial charge is 0.469 e. The van der Waals surface area contributed by atoms with E-state index in [2.05, 4.69) is 13.8 Å². The van der Waals surface area contributed by atoms with Crippen molar-refractivity contribution in [1.82, 2.24) is 5.06 Å². The predicted octanol–water partition coefficient (Wildman–Crippen LogP) is 3.40. The van der Waals surface area contributed by atoms with E-state index in [9.17, 15) is 9.90 Å². The highest BCUT2D eigenvalue weighted by atomic mass is 16.7. The third kappa shape index (κ3) is 3.20. The lowest BCUT2D eigenvalue weighted by Gasteiger charge is -2.45. The van der Waals surface area contributed by atoms with Gasteiger partial charge in [0.25, 0.3) is 0 Å². The van der Waals surface area contributed by atoms with E-state index in [4.69, 9.17) is 9.57 Å².